The number of nitrogens with one attached hydrogen (secondary N) is 2. The van der Waals surface area contributed by atoms with E-state index in [4.69, 9.17) is 4.42 Å². The zero-order chi connectivity index (χ0) is 14.5. The second kappa shape index (κ2) is 7.96. The zero-order valence-corrected chi connectivity index (χ0v) is 13.1. The van der Waals surface area contributed by atoms with E-state index in [1.165, 1.54) is 12.8 Å². The quantitative estimate of drug-likeness (QED) is 0.821. The topological polar surface area (TPSA) is 67.2 Å². The van der Waals surface area contributed by atoms with E-state index in [-0.39, 0.29) is 18.3 Å². The number of halogens is 1. The summed E-state index contributed by atoms with van der Waals surface area (Å²) >= 11 is 0. The number of benzene rings is 1. The molecule has 1 saturated carbocycles. The van der Waals surface area contributed by atoms with Crippen LogP contribution in [-0.4, -0.2) is 24.0 Å². The number of aromatic nitrogens is 1. The first-order valence-corrected chi connectivity index (χ1v) is 7.28. The normalized spacial score (nSPS) is 13.5. The zero-order valence-electron chi connectivity index (χ0n) is 12.2. The number of carbonyl (C=O) groups excluding carboxylic acids is 1. The highest BCUT2D eigenvalue weighted by molar-refractivity contribution is 5.85. The van der Waals surface area contributed by atoms with Gasteiger partial charge in [-0.15, -0.1) is 12.4 Å². The third kappa shape index (κ3) is 4.86. The molecule has 0 spiro atoms. The minimum atomic E-state index is -0.0140. The Hall–Kier alpha value is -1.85. The maximum atomic E-state index is 11.7. The van der Waals surface area contributed by atoms with Crippen LogP contribution in [0.5, 0.6) is 0 Å². The van der Waals surface area contributed by atoms with E-state index in [1.54, 1.807) is 6.26 Å². The average molecular weight is 322 g/mol. The minimum Gasteiger partial charge on any atom is -0.444 e. The van der Waals surface area contributed by atoms with Gasteiger partial charge in [0.25, 0.3) is 0 Å². The summed E-state index contributed by atoms with van der Waals surface area (Å²) in [6, 6.07) is 9.70. The summed E-state index contributed by atoms with van der Waals surface area (Å²) in [6.07, 6.45) is 4.16. The highest BCUT2D eigenvalue weighted by Crippen LogP contribution is 2.27. The van der Waals surface area contributed by atoms with Crippen LogP contribution in [0.1, 0.15) is 18.5 Å². The molecule has 2 aromatic rings. The number of amides is 1. The lowest BCUT2D eigenvalue weighted by Gasteiger charge is -2.04. The number of rotatable bonds is 7. The van der Waals surface area contributed by atoms with E-state index in [0.29, 0.717) is 19.0 Å². The van der Waals surface area contributed by atoms with Crippen molar-refractivity contribution in [1.82, 2.24) is 15.6 Å². The molecule has 3 rings (SSSR count). The Balaban J connectivity index is 0.00000176. The molecule has 1 aromatic carbocycles. The van der Waals surface area contributed by atoms with Crippen LogP contribution in [0.2, 0.25) is 0 Å². The number of carbonyl (C=O) groups is 1. The molecule has 1 amide bonds. The molecule has 1 aliphatic carbocycles. The fraction of sp³-hybridized carbons (Fsp3) is 0.375. The van der Waals surface area contributed by atoms with Gasteiger partial charge in [-0.25, -0.2) is 4.98 Å². The first-order chi connectivity index (χ1) is 10.3. The highest BCUT2D eigenvalue weighted by atomic mass is 35.5. The molecule has 2 N–H and O–H groups in total. The van der Waals surface area contributed by atoms with Crippen LogP contribution in [0.4, 0.5) is 0 Å². The molecule has 0 saturated heterocycles. The summed E-state index contributed by atoms with van der Waals surface area (Å²) in [5, 5.41) is 5.99. The van der Waals surface area contributed by atoms with Crippen molar-refractivity contribution in [2.45, 2.75) is 19.4 Å². The van der Waals surface area contributed by atoms with E-state index in [1.807, 2.05) is 30.3 Å². The van der Waals surface area contributed by atoms with E-state index in [0.717, 1.165) is 23.7 Å². The molecule has 1 aromatic heterocycles. The van der Waals surface area contributed by atoms with Crippen LogP contribution in [-0.2, 0) is 11.3 Å². The van der Waals surface area contributed by atoms with Gasteiger partial charge in [-0.1, -0.05) is 18.2 Å². The van der Waals surface area contributed by atoms with Gasteiger partial charge in [-0.2, -0.15) is 0 Å². The lowest BCUT2D eigenvalue weighted by atomic mass is 10.2. The monoisotopic (exact) mass is 321 g/mol. The molecule has 1 aliphatic rings. The third-order valence-electron chi connectivity index (χ3n) is 3.45. The second-order valence-electron chi connectivity index (χ2n) is 5.36. The second-order valence-corrected chi connectivity index (χ2v) is 5.36. The number of oxazole rings is 1. The summed E-state index contributed by atoms with van der Waals surface area (Å²) in [7, 11) is 0. The van der Waals surface area contributed by atoms with Gasteiger partial charge in [0.2, 0.25) is 11.8 Å². The van der Waals surface area contributed by atoms with Crippen molar-refractivity contribution in [3.05, 3.63) is 42.3 Å². The largest absolute Gasteiger partial charge is 0.444 e. The number of hydrogen-bond acceptors (Lipinski definition) is 4. The van der Waals surface area contributed by atoms with Gasteiger partial charge >= 0.3 is 0 Å². The van der Waals surface area contributed by atoms with Crippen LogP contribution >= 0.6 is 12.4 Å². The van der Waals surface area contributed by atoms with Crippen molar-refractivity contribution in [2.75, 3.05) is 13.1 Å². The molecular formula is C16H20ClN3O2. The Bertz CT molecular complexity index is 596. The van der Waals surface area contributed by atoms with Crippen molar-refractivity contribution in [3.63, 3.8) is 0 Å². The average Bonchev–Trinajstić information content (AvgIpc) is 3.21. The molecule has 0 aliphatic heterocycles. The van der Waals surface area contributed by atoms with Gasteiger partial charge in [0.05, 0.1) is 18.8 Å². The lowest BCUT2D eigenvalue weighted by Crippen LogP contribution is -2.34. The SMILES string of the molecule is Cl.O=C(CNCC1CC1)NCc1coc(-c2ccccc2)n1. The number of hydrogen-bond donors (Lipinski definition) is 2. The van der Waals surface area contributed by atoms with Crippen LogP contribution in [0.3, 0.4) is 0 Å². The van der Waals surface area contributed by atoms with Gasteiger partial charge in [-0.05, 0) is 37.4 Å². The Morgan fingerprint density at radius 1 is 1.27 bits per heavy atom. The summed E-state index contributed by atoms with van der Waals surface area (Å²) in [4.78, 5) is 16.0. The van der Waals surface area contributed by atoms with Crippen molar-refractivity contribution in [2.24, 2.45) is 5.92 Å². The van der Waals surface area contributed by atoms with E-state index in [2.05, 4.69) is 15.6 Å². The smallest absolute Gasteiger partial charge is 0.234 e. The van der Waals surface area contributed by atoms with Crippen molar-refractivity contribution >= 4 is 18.3 Å². The molecule has 0 bridgehead atoms. The Morgan fingerprint density at radius 2 is 2.05 bits per heavy atom. The summed E-state index contributed by atoms with van der Waals surface area (Å²) in [5.41, 5.74) is 1.66. The Morgan fingerprint density at radius 3 is 2.77 bits per heavy atom. The predicted molar refractivity (Wildman–Crippen MR) is 86.6 cm³/mol. The lowest BCUT2D eigenvalue weighted by molar-refractivity contribution is -0.120. The maximum absolute atomic E-state index is 11.7. The van der Waals surface area contributed by atoms with Gasteiger partial charge in [0.1, 0.15) is 6.26 Å². The van der Waals surface area contributed by atoms with E-state index >= 15 is 0 Å². The molecule has 1 fully saturated rings. The number of nitrogens with zero attached hydrogens (tertiary/aromatic N) is 1. The first-order valence-electron chi connectivity index (χ1n) is 7.28. The molecule has 6 heteroatoms. The van der Waals surface area contributed by atoms with Crippen LogP contribution in [0.25, 0.3) is 11.5 Å². The minimum absolute atomic E-state index is 0. The summed E-state index contributed by atoms with van der Waals surface area (Å²) in [6.45, 7) is 1.69. The van der Waals surface area contributed by atoms with Crippen LogP contribution in [0.15, 0.2) is 41.0 Å². The highest BCUT2D eigenvalue weighted by Gasteiger charge is 2.20. The molecule has 22 heavy (non-hydrogen) atoms. The molecule has 5 nitrogen and oxygen atoms in total. The third-order valence-corrected chi connectivity index (χ3v) is 3.45. The van der Waals surface area contributed by atoms with Gasteiger partial charge < -0.3 is 15.1 Å². The first kappa shape index (κ1) is 16.5. The summed E-state index contributed by atoms with van der Waals surface area (Å²) < 4.78 is 5.43. The maximum Gasteiger partial charge on any atom is 0.234 e. The molecular weight excluding hydrogens is 302 g/mol. The molecule has 118 valence electrons. The fourth-order valence-corrected chi connectivity index (χ4v) is 2.06. The summed E-state index contributed by atoms with van der Waals surface area (Å²) in [5.74, 6) is 1.34. The Labute approximate surface area is 135 Å². The molecule has 0 radical (unpaired) electrons. The van der Waals surface area contributed by atoms with Crippen molar-refractivity contribution in [1.29, 1.82) is 0 Å². The van der Waals surface area contributed by atoms with E-state index in [9.17, 15) is 4.79 Å². The molecule has 0 unspecified atom stereocenters. The van der Waals surface area contributed by atoms with E-state index < -0.39 is 0 Å². The van der Waals surface area contributed by atoms with Gasteiger partial charge in [0, 0.05) is 5.56 Å². The van der Waals surface area contributed by atoms with Crippen molar-refractivity contribution in [3.8, 4) is 11.5 Å². The Kier molecular flexibility index (Phi) is 5.98. The van der Waals surface area contributed by atoms with Gasteiger partial charge in [-0.3, -0.25) is 4.79 Å². The predicted octanol–water partition coefficient (Wildman–Crippen LogP) is 2.38. The van der Waals surface area contributed by atoms with Crippen LogP contribution < -0.4 is 10.6 Å². The molecule has 1 heterocycles. The van der Waals surface area contributed by atoms with Crippen LogP contribution in [0, 0.1) is 5.92 Å². The molecule has 0 atom stereocenters. The van der Waals surface area contributed by atoms with Crippen molar-refractivity contribution < 1.29 is 9.21 Å². The van der Waals surface area contributed by atoms with Gasteiger partial charge in [0.15, 0.2) is 0 Å². The fourth-order valence-electron chi connectivity index (χ4n) is 2.06. The standard InChI is InChI=1S/C16H19N3O2.ClH/c20-15(10-17-8-12-6-7-12)18-9-14-11-21-16(19-14)13-4-2-1-3-5-13;/h1-5,11-12,17H,6-10H2,(H,18,20);1H.